The number of aliphatic hydroxyl groups is 1. The van der Waals surface area contributed by atoms with Gasteiger partial charge in [-0.2, -0.15) is 0 Å². The fraction of sp³-hybridized carbons (Fsp3) is 0.929. The number of hydrogen-bond acceptors (Lipinski definition) is 3. The number of nitrogens with zero attached hydrogens (tertiary/aromatic N) is 1. The second kappa shape index (κ2) is 7.10. The number of piperidine rings is 1. The quantitative estimate of drug-likeness (QED) is 0.794. The Morgan fingerprint density at radius 2 is 1.83 bits per heavy atom. The summed E-state index contributed by atoms with van der Waals surface area (Å²) in [6.07, 6.45) is 9.41. The summed E-state index contributed by atoms with van der Waals surface area (Å²) in [6, 6.07) is 0.583. The Labute approximate surface area is 110 Å². The minimum absolute atomic E-state index is 0.141. The molecule has 2 N–H and O–H groups in total. The van der Waals surface area contributed by atoms with Crippen LogP contribution in [0.15, 0.2) is 0 Å². The number of aliphatic hydroxyl groups excluding tert-OH is 1. The van der Waals surface area contributed by atoms with E-state index in [1.807, 2.05) is 0 Å². The molecule has 18 heavy (non-hydrogen) atoms. The van der Waals surface area contributed by atoms with Crippen LogP contribution in [-0.2, 0) is 4.79 Å². The molecule has 2 rings (SSSR count). The Morgan fingerprint density at radius 3 is 2.56 bits per heavy atom. The normalized spacial score (nSPS) is 27.1. The summed E-state index contributed by atoms with van der Waals surface area (Å²) in [5, 5.41) is 12.5. The molecule has 1 heterocycles. The number of carbonyl (C=O) groups excluding carboxylic acids is 1. The number of amides is 1. The van der Waals surface area contributed by atoms with E-state index in [1.54, 1.807) is 0 Å². The van der Waals surface area contributed by atoms with Crippen LogP contribution < -0.4 is 5.32 Å². The van der Waals surface area contributed by atoms with Crippen molar-refractivity contribution in [3.63, 3.8) is 0 Å². The van der Waals surface area contributed by atoms with Gasteiger partial charge in [-0.15, -0.1) is 0 Å². The predicted molar refractivity (Wildman–Crippen MR) is 71.3 cm³/mol. The van der Waals surface area contributed by atoms with Gasteiger partial charge in [0.15, 0.2) is 0 Å². The molecule has 4 heteroatoms. The number of nitrogens with one attached hydrogen (secondary N) is 1. The van der Waals surface area contributed by atoms with E-state index in [0.29, 0.717) is 12.6 Å². The van der Waals surface area contributed by atoms with E-state index in [1.165, 1.54) is 25.7 Å². The highest BCUT2D eigenvalue weighted by Crippen LogP contribution is 2.18. The fourth-order valence-corrected chi connectivity index (χ4v) is 3.18. The molecule has 1 aliphatic heterocycles. The van der Waals surface area contributed by atoms with Crippen molar-refractivity contribution in [3.05, 3.63) is 0 Å². The van der Waals surface area contributed by atoms with Crippen molar-refractivity contribution >= 4 is 5.91 Å². The summed E-state index contributed by atoms with van der Waals surface area (Å²) >= 11 is 0. The van der Waals surface area contributed by atoms with Crippen LogP contribution in [-0.4, -0.2) is 47.7 Å². The average molecular weight is 254 g/mol. The van der Waals surface area contributed by atoms with E-state index in [-0.39, 0.29) is 18.6 Å². The molecule has 0 bridgehead atoms. The molecule has 4 nitrogen and oxygen atoms in total. The van der Waals surface area contributed by atoms with E-state index < -0.39 is 0 Å². The van der Waals surface area contributed by atoms with Crippen molar-refractivity contribution in [3.8, 4) is 0 Å². The molecule has 2 fully saturated rings. The summed E-state index contributed by atoms with van der Waals surface area (Å²) < 4.78 is 0. The lowest BCUT2D eigenvalue weighted by molar-refractivity contribution is -0.124. The number of hydrogen-bond donors (Lipinski definition) is 2. The standard InChI is InChI=1S/C14H26N2O2/c17-11-13-8-4-5-9-16(13)10-14(18)15-12-6-2-1-3-7-12/h12-13,17H,1-11H2,(H,15,18). The molecule has 1 saturated heterocycles. The zero-order valence-electron chi connectivity index (χ0n) is 11.2. The molecule has 104 valence electrons. The van der Waals surface area contributed by atoms with Crippen LogP contribution in [0, 0.1) is 0 Å². The van der Waals surface area contributed by atoms with Gasteiger partial charge in [-0.05, 0) is 32.2 Å². The molecule has 1 amide bonds. The SMILES string of the molecule is O=C(CN1CCCCC1CO)NC1CCCCC1. The predicted octanol–water partition coefficient (Wildman–Crippen LogP) is 1.28. The fourth-order valence-electron chi connectivity index (χ4n) is 3.18. The smallest absolute Gasteiger partial charge is 0.234 e. The molecule has 0 spiro atoms. The zero-order chi connectivity index (χ0) is 12.8. The first kappa shape index (κ1) is 13.8. The van der Waals surface area contributed by atoms with Crippen molar-refractivity contribution in [2.24, 2.45) is 0 Å². The first-order valence-corrected chi connectivity index (χ1v) is 7.44. The van der Waals surface area contributed by atoms with Gasteiger partial charge < -0.3 is 10.4 Å². The maximum atomic E-state index is 12.0. The molecule has 0 aromatic rings. The van der Waals surface area contributed by atoms with Gasteiger partial charge >= 0.3 is 0 Å². The van der Waals surface area contributed by atoms with Crippen LogP contribution in [0.5, 0.6) is 0 Å². The molecular formula is C14H26N2O2. The molecule has 1 unspecified atom stereocenters. The third-order valence-electron chi connectivity index (χ3n) is 4.28. The zero-order valence-corrected chi connectivity index (χ0v) is 11.2. The summed E-state index contributed by atoms with van der Waals surface area (Å²) in [6.45, 7) is 1.59. The van der Waals surface area contributed by atoms with Crippen LogP contribution in [0.25, 0.3) is 0 Å². The van der Waals surface area contributed by atoms with Gasteiger partial charge in [-0.25, -0.2) is 0 Å². The molecule has 0 radical (unpaired) electrons. The van der Waals surface area contributed by atoms with E-state index in [0.717, 1.165) is 32.2 Å². The molecular weight excluding hydrogens is 228 g/mol. The minimum atomic E-state index is 0.141. The first-order chi connectivity index (χ1) is 8.79. The van der Waals surface area contributed by atoms with Crippen LogP contribution in [0.2, 0.25) is 0 Å². The largest absolute Gasteiger partial charge is 0.395 e. The van der Waals surface area contributed by atoms with Crippen molar-refractivity contribution in [2.75, 3.05) is 19.7 Å². The van der Waals surface area contributed by atoms with Gasteiger partial charge in [0, 0.05) is 12.1 Å². The lowest BCUT2D eigenvalue weighted by Gasteiger charge is -2.34. The summed E-state index contributed by atoms with van der Waals surface area (Å²) in [5.41, 5.74) is 0. The lowest BCUT2D eigenvalue weighted by atomic mass is 9.95. The maximum Gasteiger partial charge on any atom is 0.234 e. The van der Waals surface area contributed by atoms with Gasteiger partial charge in [-0.1, -0.05) is 25.7 Å². The highest BCUT2D eigenvalue weighted by atomic mass is 16.3. The average Bonchev–Trinajstić information content (AvgIpc) is 2.40. The number of likely N-dealkylation sites (tertiary alicyclic amines) is 1. The Bertz CT molecular complexity index is 265. The molecule has 1 saturated carbocycles. The van der Waals surface area contributed by atoms with E-state index in [9.17, 15) is 9.90 Å². The van der Waals surface area contributed by atoms with Crippen molar-refractivity contribution in [2.45, 2.75) is 63.5 Å². The molecule has 0 aromatic heterocycles. The van der Waals surface area contributed by atoms with E-state index >= 15 is 0 Å². The van der Waals surface area contributed by atoms with Gasteiger partial charge in [0.1, 0.15) is 0 Å². The van der Waals surface area contributed by atoms with E-state index in [4.69, 9.17) is 0 Å². The van der Waals surface area contributed by atoms with Crippen molar-refractivity contribution in [1.82, 2.24) is 10.2 Å². The van der Waals surface area contributed by atoms with Crippen LogP contribution in [0.1, 0.15) is 51.4 Å². The summed E-state index contributed by atoms with van der Waals surface area (Å²) in [4.78, 5) is 14.1. The minimum Gasteiger partial charge on any atom is -0.395 e. The Kier molecular flexibility index (Phi) is 5.45. The monoisotopic (exact) mass is 254 g/mol. The number of carbonyl (C=O) groups is 1. The van der Waals surface area contributed by atoms with Gasteiger partial charge in [0.25, 0.3) is 0 Å². The Morgan fingerprint density at radius 1 is 1.11 bits per heavy atom. The van der Waals surface area contributed by atoms with Crippen LogP contribution in [0.4, 0.5) is 0 Å². The summed E-state index contributed by atoms with van der Waals surface area (Å²) in [7, 11) is 0. The molecule has 1 aliphatic carbocycles. The second-order valence-electron chi connectivity index (χ2n) is 5.71. The molecule has 1 atom stereocenters. The maximum absolute atomic E-state index is 12.0. The highest BCUT2D eigenvalue weighted by Gasteiger charge is 2.24. The highest BCUT2D eigenvalue weighted by molar-refractivity contribution is 5.78. The second-order valence-corrected chi connectivity index (χ2v) is 5.71. The lowest BCUT2D eigenvalue weighted by Crippen LogP contribution is -2.49. The van der Waals surface area contributed by atoms with Crippen molar-refractivity contribution in [1.29, 1.82) is 0 Å². The number of rotatable bonds is 4. The van der Waals surface area contributed by atoms with Crippen LogP contribution in [0.3, 0.4) is 0 Å². The van der Waals surface area contributed by atoms with Gasteiger partial charge in [0.2, 0.25) is 5.91 Å². The third kappa shape index (κ3) is 3.95. The Hall–Kier alpha value is -0.610. The molecule has 2 aliphatic rings. The first-order valence-electron chi connectivity index (χ1n) is 7.44. The summed E-state index contributed by atoms with van der Waals surface area (Å²) in [5.74, 6) is 0.141. The Balaban J connectivity index is 1.75. The molecule has 0 aromatic carbocycles. The van der Waals surface area contributed by atoms with Crippen molar-refractivity contribution < 1.29 is 9.90 Å². The topological polar surface area (TPSA) is 52.6 Å². The third-order valence-corrected chi connectivity index (χ3v) is 4.28. The van der Waals surface area contributed by atoms with E-state index in [2.05, 4.69) is 10.2 Å². The van der Waals surface area contributed by atoms with Gasteiger partial charge in [-0.3, -0.25) is 9.69 Å². The van der Waals surface area contributed by atoms with Crippen LogP contribution >= 0.6 is 0 Å². The van der Waals surface area contributed by atoms with Gasteiger partial charge in [0.05, 0.1) is 13.2 Å².